The molecule has 3 aromatic rings. The molecule has 0 amide bonds. The number of aromatic nitrogens is 1. The van der Waals surface area contributed by atoms with Gasteiger partial charge in [-0.25, -0.2) is 9.18 Å². The van der Waals surface area contributed by atoms with Gasteiger partial charge in [-0.3, -0.25) is 4.79 Å². The Bertz CT molecular complexity index is 1120. The van der Waals surface area contributed by atoms with Gasteiger partial charge in [-0.15, -0.1) is 0 Å². The van der Waals surface area contributed by atoms with Gasteiger partial charge >= 0.3 is 6.16 Å². The first-order chi connectivity index (χ1) is 13.5. The number of benzene rings is 2. The molecule has 2 aromatic carbocycles. The van der Waals surface area contributed by atoms with Crippen molar-refractivity contribution in [3.05, 3.63) is 63.7 Å². The summed E-state index contributed by atoms with van der Waals surface area (Å²) >= 11 is 6.61. The first-order valence-corrected chi connectivity index (χ1v) is 9.13. The summed E-state index contributed by atoms with van der Waals surface area (Å²) in [6, 6.07) is 10.0. The van der Waals surface area contributed by atoms with Gasteiger partial charge in [-0.05, 0) is 31.0 Å². The van der Waals surface area contributed by atoms with Crippen LogP contribution in [0, 0.1) is 5.82 Å². The summed E-state index contributed by atoms with van der Waals surface area (Å²) in [5, 5.41) is 9.01. The van der Waals surface area contributed by atoms with Gasteiger partial charge in [0.1, 0.15) is 5.82 Å². The number of carboxylic acid groups (broad SMARTS) is 1. The van der Waals surface area contributed by atoms with E-state index in [1.54, 1.807) is 28.8 Å². The first-order valence-electron chi connectivity index (χ1n) is 8.76. The first kappa shape index (κ1) is 18.3. The van der Waals surface area contributed by atoms with Crippen LogP contribution in [-0.2, 0) is 0 Å². The molecule has 0 spiro atoms. The van der Waals surface area contributed by atoms with Crippen LogP contribution in [0.1, 0.15) is 12.8 Å². The van der Waals surface area contributed by atoms with Crippen molar-refractivity contribution in [2.24, 2.45) is 0 Å². The molecule has 1 aromatic heterocycles. The minimum absolute atomic E-state index is 0.0481. The van der Waals surface area contributed by atoms with Crippen molar-refractivity contribution in [1.29, 1.82) is 0 Å². The van der Waals surface area contributed by atoms with Gasteiger partial charge in [0.25, 0.3) is 0 Å². The number of nitrogens with zero attached hydrogens (tertiary/aromatic N) is 2. The number of para-hydroxylation sites is 1. The zero-order chi connectivity index (χ0) is 19.8. The molecule has 8 heteroatoms. The standard InChI is InChI=1S/C20H16ClFN2O4/c21-16-17-13(10-14(22)18(16)23-8-4-5-9-23)19(25)15(28-20(26)27)11-24(17)12-6-2-1-3-7-12/h1-3,6-7,10-11H,4-5,8-9H2,(H,26,27). The van der Waals surface area contributed by atoms with Crippen LogP contribution in [0.4, 0.5) is 14.9 Å². The summed E-state index contributed by atoms with van der Waals surface area (Å²) in [5.41, 5.74) is 0.448. The monoisotopic (exact) mass is 402 g/mol. The van der Waals surface area contributed by atoms with Gasteiger partial charge in [-0.2, -0.15) is 0 Å². The Hall–Kier alpha value is -3.06. The normalized spacial score (nSPS) is 13.9. The lowest BCUT2D eigenvalue weighted by Gasteiger charge is -2.22. The van der Waals surface area contributed by atoms with Crippen LogP contribution >= 0.6 is 11.6 Å². The van der Waals surface area contributed by atoms with Crippen molar-refractivity contribution in [3.63, 3.8) is 0 Å². The number of rotatable bonds is 3. The Morgan fingerprint density at radius 2 is 1.86 bits per heavy atom. The molecular weight excluding hydrogens is 387 g/mol. The Kier molecular flexibility index (Phi) is 4.68. The van der Waals surface area contributed by atoms with Crippen LogP contribution in [0.5, 0.6) is 5.75 Å². The van der Waals surface area contributed by atoms with Gasteiger partial charge in [0, 0.05) is 18.8 Å². The molecule has 1 saturated heterocycles. The molecule has 0 aliphatic carbocycles. The van der Waals surface area contributed by atoms with E-state index in [0.717, 1.165) is 18.9 Å². The summed E-state index contributed by atoms with van der Waals surface area (Å²) in [7, 11) is 0. The van der Waals surface area contributed by atoms with Gasteiger partial charge in [0.15, 0.2) is 5.75 Å². The number of ether oxygens (including phenoxy) is 1. The lowest BCUT2D eigenvalue weighted by atomic mass is 10.1. The fourth-order valence-electron chi connectivity index (χ4n) is 3.57. The summed E-state index contributed by atoms with van der Waals surface area (Å²) < 4.78 is 21.1. The van der Waals surface area contributed by atoms with E-state index >= 15 is 0 Å². The summed E-state index contributed by atoms with van der Waals surface area (Å²) in [4.78, 5) is 25.6. The highest BCUT2D eigenvalue weighted by atomic mass is 35.5. The number of halogens is 2. The molecule has 0 radical (unpaired) electrons. The molecule has 0 atom stereocenters. The Labute approximate surface area is 164 Å². The van der Waals surface area contributed by atoms with Crippen LogP contribution in [0.25, 0.3) is 16.6 Å². The van der Waals surface area contributed by atoms with E-state index in [1.807, 2.05) is 11.0 Å². The molecule has 0 bridgehead atoms. The van der Waals surface area contributed by atoms with E-state index in [1.165, 1.54) is 6.20 Å². The molecule has 28 heavy (non-hydrogen) atoms. The Morgan fingerprint density at radius 1 is 1.18 bits per heavy atom. The second kappa shape index (κ2) is 7.16. The molecule has 0 saturated carbocycles. The highest BCUT2D eigenvalue weighted by Gasteiger charge is 2.25. The third kappa shape index (κ3) is 3.07. The number of carbonyl (C=O) groups is 1. The van der Waals surface area contributed by atoms with Gasteiger partial charge in [-0.1, -0.05) is 29.8 Å². The van der Waals surface area contributed by atoms with Crippen LogP contribution in [0.3, 0.4) is 0 Å². The van der Waals surface area contributed by atoms with Gasteiger partial charge < -0.3 is 19.3 Å². The van der Waals surface area contributed by atoms with Gasteiger partial charge in [0.2, 0.25) is 5.43 Å². The quantitative estimate of drug-likeness (QED) is 0.656. The molecule has 1 aliphatic rings. The van der Waals surface area contributed by atoms with Crippen molar-refractivity contribution in [2.75, 3.05) is 18.0 Å². The highest BCUT2D eigenvalue weighted by Crippen LogP contribution is 2.38. The van der Waals surface area contributed by atoms with Gasteiger partial charge in [0.05, 0.1) is 27.8 Å². The number of hydrogen-bond acceptors (Lipinski definition) is 4. The number of hydrogen-bond donors (Lipinski definition) is 1. The molecule has 4 rings (SSSR count). The van der Waals surface area contributed by atoms with Crippen LogP contribution in [0.15, 0.2) is 47.4 Å². The SMILES string of the molecule is O=C(O)Oc1cn(-c2ccccc2)c2c(Cl)c(N3CCCC3)c(F)cc2c1=O. The lowest BCUT2D eigenvalue weighted by Crippen LogP contribution is -2.21. The molecule has 1 N–H and O–H groups in total. The third-order valence-electron chi connectivity index (χ3n) is 4.78. The second-order valence-electron chi connectivity index (χ2n) is 6.51. The topological polar surface area (TPSA) is 71.8 Å². The van der Waals surface area contributed by atoms with Crippen molar-refractivity contribution < 1.29 is 19.0 Å². The molecule has 2 heterocycles. The molecular formula is C20H16ClFN2O4. The molecule has 1 fully saturated rings. The number of anilines is 1. The van der Waals surface area contributed by atoms with E-state index in [2.05, 4.69) is 4.74 Å². The summed E-state index contributed by atoms with van der Waals surface area (Å²) in [6.07, 6.45) is 1.51. The zero-order valence-electron chi connectivity index (χ0n) is 14.7. The second-order valence-corrected chi connectivity index (χ2v) is 6.89. The largest absolute Gasteiger partial charge is 0.511 e. The maximum atomic E-state index is 14.9. The van der Waals surface area contributed by atoms with E-state index in [4.69, 9.17) is 16.7 Å². The minimum Gasteiger partial charge on any atom is -0.449 e. The number of fused-ring (bicyclic) bond motifs is 1. The van der Waals surface area contributed by atoms with E-state index in [0.29, 0.717) is 24.3 Å². The van der Waals surface area contributed by atoms with Crippen LogP contribution in [0.2, 0.25) is 5.02 Å². The van der Waals surface area contributed by atoms with E-state index in [9.17, 15) is 14.0 Å². The zero-order valence-corrected chi connectivity index (χ0v) is 15.4. The Morgan fingerprint density at radius 3 is 2.50 bits per heavy atom. The average Bonchev–Trinajstić information content (AvgIpc) is 3.19. The fourth-order valence-corrected chi connectivity index (χ4v) is 3.97. The summed E-state index contributed by atoms with van der Waals surface area (Å²) in [6.45, 7) is 1.36. The minimum atomic E-state index is -1.63. The van der Waals surface area contributed by atoms with E-state index < -0.39 is 23.2 Å². The average molecular weight is 403 g/mol. The van der Waals surface area contributed by atoms with Crippen LogP contribution < -0.4 is 15.1 Å². The van der Waals surface area contributed by atoms with Crippen molar-refractivity contribution in [2.45, 2.75) is 12.8 Å². The third-order valence-corrected chi connectivity index (χ3v) is 5.14. The molecule has 6 nitrogen and oxygen atoms in total. The van der Waals surface area contributed by atoms with Crippen molar-refractivity contribution in [1.82, 2.24) is 4.57 Å². The van der Waals surface area contributed by atoms with E-state index in [-0.39, 0.29) is 16.1 Å². The smallest absolute Gasteiger partial charge is 0.449 e. The van der Waals surface area contributed by atoms with Crippen LogP contribution in [-0.4, -0.2) is 28.9 Å². The Balaban J connectivity index is 2.08. The highest BCUT2D eigenvalue weighted by molar-refractivity contribution is 6.38. The number of pyridine rings is 1. The summed E-state index contributed by atoms with van der Waals surface area (Å²) in [5.74, 6) is -1.04. The molecule has 0 unspecified atom stereocenters. The van der Waals surface area contributed by atoms with Crippen molar-refractivity contribution >= 4 is 34.3 Å². The maximum Gasteiger partial charge on any atom is 0.511 e. The predicted molar refractivity (Wildman–Crippen MR) is 105 cm³/mol. The fraction of sp³-hybridized carbons (Fsp3) is 0.200. The molecule has 144 valence electrons. The van der Waals surface area contributed by atoms with Crippen molar-refractivity contribution in [3.8, 4) is 11.4 Å². The molecule has 1 aliphatic heterocycles. The predicted octanol–water partition coefficient (Wildman–Crippen LogP) is 4.44. The maximum absolute atomic E-state index is 14.9. The lowest BCUT2D eigenvalue weighted by molar-refractivity contribution is 0.144.